The summed E-state index contributed by atoms with van der Waals surface area (Å²) in [4.78, 5) is 13.3. The number of amides is 1. The fourth-order valence-corrected chi connectivity index (χ4v) is 2.07. The monoisotopic (exact) mass is 339 g/mol. The minimum absolute atomic E-state index is 0.00509. The average molecular weight is 339 g/mol. The summed E-state index contributed by atoms with van der Waals surface area (Å²) in [6.07, 6.45) is -0.515. The minimum Gasteiger partial charge on any atom is -0.417 e. The van der Waals surface area contributed by atoms with Gasteiger partial charge in [0.25, 0.3) is 0 Å². The summed E-state index contributed by atoms with van der Waals surface area (Å²) >= 11 is 0. The molecule has 0 fully saturated rings. The molecule has 0 saturated carbocycles. The molecule has 0 aliphatic heterocycles. The van der Waals surface area contributed by atoms with E-state index in [1.807, 2.05) is 6.92 Å². The Morgan fingerprint density at radius 1 is 1.29 bits per heavy atom. The first-order valence-electron chi connectivity index (χ1n) is 7.17. The summed E-state index contributed by atoms with van der Waals surface area (Å²) in [5, 5.41) is 7.36. The van der Waals surface area contributed by atoms with Crippen LogP contribution in [-0.4, -0.2) is 28.1 Å². The van der Waals surface area contributed by atoms with Gasteiger partial charge in [0.2, 0.25) is 5.89 Å². The largest absolute Gasteiger partial charge is 0.417 e. The number of halogens is 3. The van der Waals surface area contributed by atoms with Crippen LogP contribution in [0.1, 0.15) is 34.6 Å². The molecule has 24 heavy (non-hydrogen) atoms. The van der Waals surface area contributed by atoms with Crippen LogP contribution in [0.4, 0.5) is 13.2 Å². The second-order valence-electron chi connectivity index (χ2n) is 5.09. The molecule has 0 radical (unpaired) electrons. The Balaban J connectivity index is 2.14. The number of carbonyl (C=O) groups is 1. The van der Waals surface area contributed by atoms with Gasteiger partial charge in [0.1, 0.15) is 0 Å². The van der Waals surface area contributed by atoms with Crippen LogP contribution < -0.4 is 0 Å². The van der Waals surface area contributed by atoms with Crippen molar-refractivity contribution in [1.29, 1.82) is 0 Å². The summed E-state index contributed by atoms with van der Waals surface area (Å²) in [5.74, 6) is -0.617. The second kappa shape index (κ2) is 7.29. The third kappa shape index (κ3) is 4.21. The van der Waals surface area contributed by atoms with E-state index >= 15 is 0 Å². The molecule has 1 aromatic heterocycles. The van der Waals surface area contributed by atoms with Crippen molar-refractivity contribution >= 4 is 5.91 Å². The summed E-state index contributed by atoms with van der Waals surface area (Å²) in [5.41, 5.74) is -0.779. The van der Waals surface area contributed by atoms with Crippen LogP contribution in [0.5, 0.6) is 0 Å². The van der Waals surface area contributed by atoms with E-state index < -0.39 is 17.6 Å². The molecule has 1 amide bonds. The lowest BCUT2D eigenvalue weighted by atomic mass is 10.1. The number of rotatable bonds is 5. The molecule has 0 aliphatic carbocycles. The number of carbonyl (C=O) groups excluding carboxylic acids is 1. The van der Waals surface area contributed by atoms with Crippen LogP contribution in [0.15, 0.2) is 40.8 Å². The zero-order valence-electron chi connectivity index (χ0n) is 13.2. The predicted molar refractivity (Wildman–Crippen MR) is 80.1 cm³/mol. The van der Waals surface area contributed by atoms with E-state index in [1.54, 1.807) is 12.2 Å². The van der Waals surface area contributed by atoms with Crippen molar-refractivity contribution in [2.24, 2.45) is 0 Å². The normalized spacial score (nSPS) is 11.9. The van der Waals surface area contributed by atoms with Crippen molar-refractivity contribution in [3.63, 3.8) is 0 Å². The van der Waals surface area contributed by atoms with Crippen LogP contribution in [0.25, 0.3) is 0 Å². The third-order valence-electron chi connectivity index (χ3n) is 3.25. The van der Waals surface area contributed by atoms with Gasteiger partial charge < -0.3 is 9.32 Å². The molecule has 0 bridgehead atoms. The standard InChI is InChI=1S/C16H16F3N3O2/c1-3-4-9-13-20-21-14(24-13)15(23)22(2)10-11-7-5-6-8-12(11)16(17,18)19/h3-8H,9-10H2,1-2H3. The zero-order valence-corrected chi connectivity index (χ0v) is 13.2. The Labute approximate surface area is 136 Å². The molecule has 0 saturated heterocycles. The summed E-state index contributed by atoms with van der Waals surface area (Å²) in [6.45, 7) is 1.61. The van der Waals surface area contributed by atoms with Crippen LogP contribution in [0.2, 0.25) is 0 Å². The van der Waals surface area contributed by atoms with E-state index in [2.05, 4.69) is 10.2 Å². The lowest BCUT2D eigenvalue weighted by Crippen LogP contribution is -2.27. The molecule has 128 valence electrons. The van der Waals surface area contributed by atoms with Gasteiger partial charge in [-0.05, 0) is 18.6 Å². The highest BCUT2D eigenvalue weighted by Gasteiger charge is 2.33. The van der Waals surface area contributed by atoms with E-state index in [4.69, 9.17) is 4.42 Å². The highest BCUT2D eigenvalue weighted by molar-refractivity contribution is 5.89. The van der Waals surface area contributed by atoms with Gasteiger partial charge in [0, 0.05) is 20.0 Å². The molecule has 2 rings (SSSR count). The number of allylic oxidation sites excluding steroid dienone is 2. The lowest BCUT2D eigenvalue weighted by molar-refractivity contribution is -0.138. The smallest absolute Gasteiger partial charge is 0.416 e. The maximum absolute atomic E-state index is 13.0. The molecule has 0 atom stereocenters. The maximum atomic E-state index is 13.0. The Morgan fingerprint density at radius 2 is 2.00 bits per heavy atom. The van der Waals surface area contributed by atoms with Crippen LogP contribution in [-0.2, 0) is 19.1 Å². The summed E-state index contributed by atoms with van der Waals surface area (Å²) in [6, 6.07) is 5.11. The van der Waals surface area contributed by atoms with Crippen molar-refractivity contribution in [3.05, 3.63) is 59.3 Å². The number of benzene rings is 1. The Hall–Kier alpha value is -2.64. The van der Waals surface area contributed by atoms with Crippen molar-refractivity contribution < 1.29 is 22.4 Å². The van der Waals surface area contributed by atoms with Crippen LogP contribution in [0.3, 0.4) is 0 Å². The van der Waals surface area contributed by atoms with Gasteiger partial charge >= 0.3 is 18.0 Å². The number of hydrogen-bond donors (Lipinski definition) is 0. The van der Waals surface area contributed by atoms with Crippen molar-refractivity contribution in [1.82, 2.24) is 15.1 Å². The van der Waals surface area contributed by atoms with E-state index in [0.717, 1.165) is 11.0 Å². The second-order valence-corrected chi connectivity index (χ2v) is 5.09. The van der Waals surface area contributed by atoms with Crippen molar-refractivity contribution in [2.45, 2.75) is 26.1 Å². The first-order chi connectivity index (χ1) is 11.3. The quantitative estimate of drug-likeness (QED) is 0.783. The summed E-state index contributed by atoms with van der Waals surface area (Å²) < 4.78 is 44.2. The van der Waals surface area contributed by atoms with E-state index in [9.17, 15) is 18.0 Å². The fourth-order valence-electron chi connectivity index (χ4n) is 2.07. The minimum atomic E-state index is -4.48. The molecular weight excluding hydrogens is 323 g/mol. The fraction of sp³-hybridized carbons (Fsp3) is 0.312. The Morgan fingerprint density at radius 3 is 2.67 bits per heavy atom. The third-order valence-corrected chi connectivity index (χ3v) is 3.25. The highest BCUT2D eigenvalue weighted by atomic mass is 19.4. The molecule has 0 unspecified atom stereocenters. The molecule has 8 heteroatoms. The number of nitrogens with zero attached hydrogens (tertiary/aromatic N) is 3. The van der Waals surface area contributed by atoms with E-state index in [0.29, 0.717) is 6.42 Å². The van der Waals surface area contributed by atoms with Gasteiger partial charge in [0.15, 0.2) is 0 Å². The average Bonchev–Trinajstić information content (AvgIpc) is 3.00. The first kappa shape index (κ1) is 17.7. The number of alkyl halides is 3. The van der Waals surface area contributed by atoms with Gasteiger partial charge in [-0.3, -0.25) is 4.79 Å². The highest BCUT2D eigenvalue weighted by Crippen LogP contribution is 2.32. The Kier molecular flexibility index (Phi) is 5.38. The lowest BCUT2D eigenvalue weighted by Gasteiger charge is -2.18. The van der Waals surface area contributed by atoms with Gasteiger partial charge in [-0.15, -0.1) is 10.2 Å². The summed E-state index contributed by atoms with van der Waals surface area (Å²) in [7, 11) is 1.38. The van der Waals surface area contributed by atoms with Gasteiger partial charge in [-0.25, -0.2) is 0 Å². The number of aromatic nitrogens is 2. The number of hydrogen-bond acceptors (Lipinski definition) is 4. The van der Waals surface area contributed by atoms with Gasteiger partial charge in [-0.1, -0.05) is 30.4 Å². The van der Waals surface area contributed by atoms with Gasteiger partial charge in [-0.2, -0.15) is 13.2 Å². The van der Waals surface area contributed by atoms with E-state index in [-0.39, 0.29) is 23.9 Å². The Bertz CT molecular complexity index is 738. The molecule has 0 N–H and O–H groups in total. The zero-order chi connectivity index (χ0) is 17.7. The molecule has 5 nitrogen and oxygen atoms in total. The van der Waals surface area contributed by atoms with Gasteiger partial charge in [0.05, 0.1) is 5.56 Å². The maximum Gasteiger partial charge on any atom is 0.416 e. The van der Waals surface area contributed by atoms with Crippen LogP contribution in [0, 0.1) is 0 Å². The molecule has 1 aromatic carbocycles. The van der Waals surface area contributed by atoms with Crippen molar-refractivity contribution in [3.8, 4) is 0 Å². The topological polar surface area (TPSA) is 59.2 Å². The molecule has 2 aromatic rings. The molecule has 0 aliphatic rings. The molecular formula is C16H16F3N3O2. The first-order valence-corrected chi connectivity index (χ1v) is 7.17. The SMILES string of the molecule is CC=CCc1nnc(C(=O)N(C)Cc2ccccc2C(F)(F)F)o1. The van der Waals surface area contributed by atoms with E-state index in [1.165, 1.54) is 25.2 Å². The predicted octanol–water partition coefficient (Wildman–Crippen LogP) is 3.48. The van der Waals surface area contributed by atoms with Crippen LogP contribution >= 0.6 is 0 Å². The van der Waals surface area contributed by atoms with Crippen molar-refractivity contribution in [2.75, 3.05) is 7.05 Å². The molecule has 0 spiro atoms. The molecule has 1 heterocycles.